The van der Waals surface area contributed by atoms with Crippen molar-refractivity contribution in [1.29, 1.82) is 5.26 Å². The number of carbonyl (C=O) groups is 1. The fourth-order valence-electron chi connectivity index (χ4n) is 2.08. The van der Waals surface area contributed by atoms with E-state index in [4.69, 9.17) is 10.00 Å². The summed E-state index contributed by atoms with van der Waals surface area (Å²) in [6.07, 6.45) is 0. The Kier molecular flexibility index (Phi) is 4.57. The standard InChI is InChI=1S/C17H16N2O2/c1-12(15-5-3-4-6-16(15)21-2)19-17(20)14-9-7-13(11-18)8-10-14/h3-10,12H,1-2H3,(H,19,20)/t12-/m0/s1. The van der Waals surface area contributed by atoms with E-state index in [2.05, 4.69) is 5.32 Å². The summed E-state index contributed by atoms with van der Waals surface area (Å²) in [5.74, 6) is 0.558. The van der Waals surface area contributed by atoms with Crippen molar-refractivity contribution in [3.8, 4) is 11.8 Å². The Morgan fingerprint density at radius 3 is 2.48 bits per heavy atom. The van der Waals surface area contributed by atoms with E-state index in [1.54, 1.807) is 31.4 Å². The Balaban J connectivity index is 2.13. The minimum absolute atomic E-state index is 0.177. The molecular formula is C17H16N2O2. The van der Waals surface area contributed by atoms with E-state index in [1.165, 1.54) is 0 Å². The van der Waals surface area contributed by atoms with E-state index in [0.717, 1.165) is 11.3 Å². The van der Waals surface area contributed by atoms with Crippen LogP contribution >= 0.6 is 0 Å². The van der Waals surface area contributed by atoms with Gasteiger partial charge in [-0.05, 0) is 37.3 Å². The van der Waals surface area contributed by atoms with E-state index in [1.807, 2.05) is 37.3 Å². The van der Waals surface area contributed by atoms with E-state index in [0.29, 0.717) is 11.1 Å². The van der Waals surface area contributed by atoms with Crippen LogP contribution in [0.1, 0.15) is 34.5 Å². The third-order valence-corrected chi connectivity index (χ3v) is 3.23. The Morgan fingerprint density at radius 2 is 1.86 bits per heavy atom. The molecule has 0 fully saturated rings. The zero-order chi connectivity index (χ0) is 15.2. The molecule has 0 unspecified atom stereocenters. The van der Waals surface area contributed by atoms with Crippen LogP contribution in [-0.2, 0) is 0 Å². The number of methoxy groups -OCH3 is 1. The number of benzene rings is 2. The number of para-hydroxylation sites is 1. The van der Waals surface area contributed by atoms with Gasteiger partial charge in [-0.2, -0.15) is 5.26 Å². The summed E-state index contributed by atoms with van der Waals surface area (Å²) in [6.45, 7) is 1.90. The number of ether oxygens (including phenoxy) is 1. The van der Waals surface area contributed by atoms with E-state index in [-0.39, 0.29) is 11.9 Å². The minimum Gasteiger partial charge on any atom is -0.496 e. The molecule has 2 aromatic carbocycles. The number of hydrogen-bond acceptors (Lipinski definition) is 3. The molecule has 0 saturated carbocycles. The van der Waals surface area contributed by atoms with Gasteiger partial charge >= 0.3 is 0 Å². The summed E-state index contributed by atoms with van der Waals surface area (Å²) in [6, 6.07) is 16.0. The van der Waals surface area contributed by atoms with Crippen LogP contribution in [0.25, 0.3) is 0 Å². The molecule has 0 spiro atoms. The van der Waals surface area contributed by atoms with Gasteiger partial charge < -0.3 is 10.1 Å². The van der Waals surface area contributed by atoms with Gasteiger partial charge in [0, 0.05) is 11.1 Å². The normalized spacial score (nSPS) is 11.3. The molecule has 4 nitrogen and oxygen atoms in total. The molecule has 4 heteroatoms. The number of amides is 1. The van der Waals surface area contributed by atoms with Crippen LogP contribution in [0.15, 0.2) is 48.5 Å². The largest absolute Gasteiger partial charge is 0.496 e. The number of carbonyl (C=O) groups excluding carboxylic acids is 1. The first-order valence-electron chi connectivity index (χ1n) is 6.59. The summed E-state index contributed by atoms with van der Waals surface area (Å²) in [7, 11) is 1.61. The van der Waals surface area contributed by atoms with Crippen LogP contribution in [0.2, 0.25) is 0 Å². The average molecular weight is 280 g/mol. The van der Waals surface area contributed by atoms with Crippen molar-refractivity contribution in [2.24, 2.45) is 0 Å². The Labute approximate surface area is 124 Å². The van der Waals surface area contributed by atoms with Gasteiger partial charge in [0.2, 0.25) is 0 Å². The molecule has 1 atom stereocenters. The second kappa shape index (κ2) is 6.58. The minimum atomic E-state index is -0.183. The molecule has 0 aliphatic carbocycles. The topological polar surface area (TPSA) is 62.1 Å². The highest BCUT2D eigenvalue weighted by molar-refractivity contribution is 5.94. The first-order valence-corrected chi connectivity index (χ1v) is 6.59. The van der Waals surface area contributed by atoms with Crippen molar-refractivity contribution in [3.05, 3.63) is 65.2 Å². The molecule has 0 aliphatic heterocycles. The quantitative estimate of drug-likeness (QED) is 0.936. The lowest BCUT2D eigenvalue weighted by molar-refractivity contribution is 0.0939. The van der Waals surface area contributed by atoms with Gasteiger partial charge in [0.15, 0.2) is 0 Å². The maximum atomic E-state index is 12.2. The number of nitriles is 1. The van der Waals surface area contributed by atoms with E-state index in [9.17, 15) is 4.79 Å². The molecule has 21 heavy (non-hydrogen) atoms. The van der Waals surface area contributed by atoms with Gasteiger partial charge in [0.1, 0.15) is 5.75 Å². The maximum absolute atomic E-state index is 12.2. The molecule has 0 bridgehead atoms. The van der Waals surface area contributed by atoms with Gasteiger partial charge in [0.05, 0.1) is 24.8 Å². The van der Waals surface area contributed by atoms with Crippen molar-refractivity contribution >= 4 is 5.91 Å². The molecule has 1 N–H and O–H groups in total. The lowest BCUT2D eigenvalue weighted by atomic mass is 10.1. The molecule has 106 valence electrons. The number of nitrogens with zero attached hydrogens (tertiary/aromatic N) is 1. The van der Waals surface area contributed by atoms with E-state index >= 15 is 0 Å². The second-order valence-corrected chi connectivity index (χ2v) is 4.63. The maximum Gasteiger partial charge on any atom is 0.251 e. The number of rotatable bonds is 4. The predicted molar refractivity (Wildman–Crippen MR) is 80.0 cm³/mol. The summed E-state index contributed by atoms with van der Waals surface area (Å²) in [5, 5.41) is 11.7. The zero-order valence-electron chi connectivity index (χ0n) is 12.0. The predicted octanol–water partition coefficient (Wildman–Crippen LogP) is 3.06. The fourth-order valence-corrected chi connectivity index (χ4v) is 2.08. The molecular weight excluding hydrogens is 264 g/mol. The molecule has 0 saturated heterocycles. The Hall–Kier alpha value is -2.80. The SMILES string of the molecule is COc1ccccc1[C@H](C)NC(=O)c1ccc(C#N)cc1. The van der Waals surface area contributed by atoms with Crippen LogP contribution in [0.4, 0.5) is 0 Å². The van der Waals surface area contributed by atoms with Crippen LogP contribution in [0.5, 0.6) is 5.75 Å². The highest BCUT2D eigenvalue weighted by Crippen LogP contribution is 2.24. The molecule has 0 aromatic heterocycles. The van der Waals surface area contributed by atoms with Crippen molar-refractivity contribution in [2.45, 2.75) is 13.0 Å². The third-order valence-electron chi connectivity index (χ3n) is 3.23. The third kappa shape index (κ3) is 3.40. The van der Waals surface area contributed by atoms with Gasteiger partial charge in [-0.15, -0.1) is 0 Å². The highest BCUT2D eigenvalue weighted by atomic mass is 16.5. The first kappa shape index (κ1) is 14.6. The Bertz CT molecular complexity index is 672. The second-order valence-electron chi connectivity index (χ2n) is 4.63. The van der Waals surface area contributed by atoms with Crippen LogP contribution in [0, 0.1) is 11.3 Å². The van der Waals surface area contributed by atoms with E-state index < -0.39 is 0 Å². The molecule has 1 amide bonds. The smallest absolute Gasteiger partial charge is 0.251 e. The molecule has 0 heterocycles. The van der Waals surface area contributed by atoms with Crippen LogP contribution in [0.3, 0.4) is 0 Å². The average Bonchev–Trinajstić information content (AvgIpc) is 2.54. The fraction of sp³-hybridized carbons (Fsp3) is 0.176. The molecule has 2 aromatic rings. The summed E-state index contributed by atoms with van der Waals surface area (Å²) >= 11 is 0. The van der Waals surface area contributed by atoms with Gasteiger partial charge in [-0.25, -0.2) is 0 Å². The first-order chi connectivity index (χ1) is 10.2. The van der Waals surface area contributed by atoms with Crippen molar-refractivity contribution in [3.63, 3.8) is 0 Å². The Morgan fingerprint density at radius 1 is 1.19 bits per heavy atom. The van der Waals surface area contributed by atoms with Crippen molar-refractivity contribution < 1.29 is 9.53 Å². The lowest BCUT2D eigenvalue weighted by Crippen LogP contribution is -2.26. The van der Waals surface area contributed by atoms with Crippen LogP contribution < -0.4 is 10.1 Å². The monoisotopic (exact) mass is 280 g/mol. The number of hydrogen-bond donors (Lipinski definition) is 1. The lowest BCUT2D eigenvalue weighted by Gasteiger charge is -2.17. The summed E-state index contributed by atoms with van der Waals surface area (Å²) in [4.78, 5) is 12.2. The molecule has 0 aliphatic rings. The van der Waals surface area contributed by atoms with Gasteiger partial charge in [-0.1, -0.05) is 18.2 Å². The van der Waals surface area contributed by atoms with Crippen molar-refractivity contribution in [2.75, 3.05) is 7.11 Å². The molecule has 0 radical (unpaired) electrons. The molecule has 2 rings (SSSR count). The van der Waals surface area contributed by atoms with Crippen LogP contribution in [-0.4, -0.2) is 13.0 Å². The van der Waals surface area contributed by atoms with Crippen molar-refractivity contribution in [1.82, 2.24) is 5.32 Å². The van der Waals surface area contributed by atoms with Gasteiger partial charge in [-0.3, -0.25) is 4.79 Å². The summed E-state index contributed by atoms with van der Waals surface area (Å²) < 4.78 is 5.30. The number of nitrogens with one attached hydrogen (secondary N) is 1. The summed E-state index contributed by atoms with van der Waals surface area (Å²) in [5.41, 5.74) is 1.97. The highest BCUT2D eigenvalue weighted by Gasteiger charge is 2.14. The van der Waals surface area contributed by atoms with Gasteiger partial charge in [0.25, 0.3) is 5.91 Å². The zero-order valence-corrected chi connectivity index (χ0v) is 12.0.